The molecule has 0 spiro atoms. The number of rotatable bonds is 5. The number of nitrogens with zero attached hydrogens (tertiary/aromatic N) is 3. The van der Waals surface area contributed by atoms with Crippen LogP contribution in [0.15, 0.2) is 33.7 Å². The van der Waals surface area contributed by atoms with Crippen LogP contribution in [-0.2, 0) is 4.79 Å². The molecule has 1 heterocycles. The summed E-state index contributed by atoms with van der Waals surface area (Å²) in [5.74, 6) is 0.865. The first-order chi connectivity index (χ1) is 11.5. The number of halogens is 1. The van der Waals surface area contributed by atoms with Gasteiger partial charge in [0, 0.05) is 63.4 Å². The standard InChI is InChI=1S/C17H26BrN5O/c1-19-17(20-10-8-16(24)22(2)3)21-14-9-11-23(12-14)15-6-4-13(18)5-7-15/h4-7,14H,8-12H2,1-3H3,(H2,19,20,21). The number of benzene rings is 1. The first-order valence-corrected chi connectivity index (χ1v) is 8.96. The Morgan fingerprint density at radius 3 is 2.71 bits per heavy atom. The molecule has 2 N–H and O–H groups in total. The highest BCUT2D eigenvalue weighted by molar-refractivity contribution is 9.10. The number of amides is 1. The fourth-order valence-electron chi connectivity index (χ4n) is 2.66. The molecular formula is C17H26BrN5O. The van der Waals surface area contributed by atoms with E-state index in [-0.39, 0.29) is 5.91 Å². The van der Waals surface area contributed by atoms with Gasteiger partial charge >= 0.3 is 0 Å². The average Bonchev–Trinajstić information content (AvgIpc) is 3.02. The summed E-state index contributed by atoms with van der Waals surface area (Å²) in [6.07, 6.45) is 1.52. The van der Waals surface area contributed by atoms with Crippen LogP contribution in [0, 0.1) is 0 Å². The Kier molecular flexibility index (Phi) is 6.90. The molecule has 1 aromatic rings. The molecule has 0 saturated carbocycles. The second kappa shape index (κ2) is 8.92. The van der Waals surface area contributed by atoms with Gasteiger partial charge in [-0.15, -0.1) is 0 Å². The zero-order valence-electron chi connectivity index (χ0n) is 14.6. The molecule has 1 fully saturated rings. The quantitative estimate of drug-likeness (QED) is 0.587. The van der Waals surface area contributed by atoms with E-state index in [0.29, 0.717) is 19.0 Å². The highest BCUT2D eigenvalue weighted by Crippen LogP contribution is 2.22. The number of nitrogens with one attached hydrogen (secondary N) is 2. The van der Waals surface area contributed by atoms with Gasteiger partial charge in [-0.2, -0.15) is 0 Å². The summed E-state index contributed by atoms with van der Waals surface area (Å²) >= 11 is 3.47. The fourth-order valence-corrected chi connectivity index (χ4v) is 2.93. The maximum absolute atomic E-state index is 11.6. The second-order valence-corrected chi connectivity index (χ2v) is 7.01. The van der Waals surface area contributed by atoms with E-state index in [1.807, 2.05) is 0 Å². The van der Waals surface area contributed by atoms with Crippen molar-refractivity contribution in [3.63, 3.8) is 0 Å². The van der Waals surface area contributed by atoms with Crippen molar-refractivity contribution in [2.75, 3.05) is 45.7 Å². The smallest absolute Gasteiger partial charge is 0.223 e. The molecule has 7 heteroatoms. The Balaban J connectivity index is 1.78. The Morgan fingerprint density at radius 2 is 2.08 bits per heavy atom. The first kappa shape index (κ1) is 18.6. The lowest BCUT2D eigenvalue weighted by molar-refractivity contribution is -0.128. The molecule has 2 rings (SSSR count). The van der Waals surface area contributed by atoms with E-state index in [1.165, 1.54) is 5.69 Å². The maximum Gasteiger partial charge on any atom is 0.223 e. The van der Waals surface area contributed by atoms with E-state index in [4.69, 9.17) is 0 Å². The molecule has 1 atom stereocenters. The Bertz CT molecular complexity index is 573. The molecule has 1 amide bonds. The van der Waals surface area contributed by atoms with E-state index in [0.717, 1.165) is 29.9 Å². The molecule has 0 bridgehead atoms. The van der Waals surface area contributed by atoms with Crippen LogP contribution in [0.1, 0.15) is 12.8 Å². The molecule has 0 radical (unpaired) electrons. The monoisotopic (exact) mass is 395 g/mol. The van der Waals surface area contributed by atoms with Crippen molar-refractivity contribution >= 4 is 33.5 Å². The minimum Gasteiger partial charge on any atom is -0.369 e. The van der Waals surface area contributed by atoms with Gasteiger partial charge in [-0.1, -0.05) is 15.9 Å². The van der Waals surface area contributed by atoms with E-state index < -0.39 is 0 Å². The highest BCUT2D eigenvalue weighted by Gasteiger charge is 2.23. The van der Waals surface area contributed by atoms with E-state index >= 15 is 0 Å². The molecule has 1 saturated heterocycles. The summed E-state index contributed by atoms with van der Waals surface area (Å²) in [5.41, 5.74) is 1.24. The Hall–Kier alpha value is -1.76. The molecule has 24 heavy (non-hydrogen) atoms. The lowest BCUT2D eigenvalue weighted by atomic mass is 10.2. The van der Waals surface area contributed by atoms with Gasteiger partial charge in [0.2, 0.25) is 5.91 Å². The van der Waals surface area contributed by atoms with Crippen molar-refractivity contribution < 1.29 is 4.79 Å². The summed E-state index contributed by atoms with van der Waals surface area (Å²) in [6, 6.07) is 8.75. The van der Waals surface area contributed by atoms with Crippen molar-refractivity contribution in [3.8, 4) is 0 Å². The van der Waals surface area contributed by atoms with Crippen LogP contribution in [0.2, 0.25) is 0 Å². The van der Waals surface area contributed by atoms with Crippen LogP contribution in [0.3, 0.4) is 0 Å². The van der Waals surface area contributed by atoms with Crippen molar-refractivity contribution in [1.29, 1.82) is 0 Å². The van der Waals surface area contributed by atoms with Crippen molar-refractivity contribution in [3.05, 3.63) is 28.7 Å². The third-order valence-electron chi connectivity index (χ3n) is 4.07. The van der Waals surface area contributed by atoms with Gasteiger partial charge in [0.15, 0.2) is 5.96 Å². The molecule has 1 aliphatic heterocycles. The maximum atomic E-state index is 11.6. The predicted octanol–water partition coefficient (Wildman–Crippen LogP) is 1.67. The van der Waals surface area contributed by atoms with Crippen LogP contribution in [-0.4, -0.2) is 63.6 Å². The van der Waals surface area contributed by atoms with Crippen LogP contribution in [0.25, 0.3) is 0 Å². The van der Waals surface area contributed by atoms with Gasteiger partial charge in [0.25, 0.3) is 0 Å². The van der Waals surface area contributed by atoms with Gasteiger partial charge in [-0.05, 0) is 30.7 Å². The predicted molar refractivity (Wildman–Crippen MR) is 103 cm³/mol. The van der Waals surface area contributed by atoms with Crippen molar-refractivity contribution in [1.82, 2.24) is 15.5 Å². The van der Waals surface area contributed by atoms with Gasteiger partial charge in [0.05, 0.1) is 0 Å². The third-order valence-corrected chi connectivity index (χ3v) is 4.60. The Morgan fingerprint density at radius 1 is 1.38 bits per heavy atom. The molecule has 1 unspecified atom stereocenters. The van der Waals surface area contributed by atoms with E-state index in [2.05, 4.69) is 60.7 Å². The van der Waals surface area contributed by atoms with Crippen LogP contribution in [0.4, 0.5) is 5.69 Å². The summed E-state index contributed by atoms with van der Waals surface area (Å²) in [7, 11) is 5.29. The van der Waals surface area contributed by atoms with E-state index in [1.54, 1.807) is 26.0 Å². The van der Waals surface area contributed by atoms with Crippen molar-refractivity contribution in [2.45, 2.75) is 18.9 Å². The number of carbonyl (C=O) groups is 1. The molecule has 1 aliphatic rings. The number of hydrogen-bond donors (Lipinski definition) is 2. The van der Waals surface area contributed by atoms with Gasteiger partial charge < -0.3 is 20.4 Å². The zero-order valence-corrected chi connectivity index (χ0v) is 16.1. The minimum absolute atomic E-state index is 0.111. The SMILES string of the molecule is CN=C(NCCC(=O)N(C)C)NC1CCN(c2ccc(Br)cc2)C1. The summed E-state index contributed by atoms with van der Waals surface area (Å²) in [6.45, 7) is 2.55. The highest BCUT2D eigenvalue weighted by atomic mass is 79.9. The third kappa shape index (κ3) is 5.40. The normalized spacial score (nSPS) is 17.8. The molecule has 0 aromatic heterocycles. The van der Waals surface area contributed by atoms with E-state index in [9.17, 15) is 4.79 Å². The van der Waals surface area contributed by atoms with Gasteiger partial charge in [0.1, 0.15) is 0 Å². The topological polar surface area (TPSA) is 60.0 Å². The molecule has 0 aliphatic carbocycles. The number of carbonyl (C=O) groups excluding carboxylic acids is 1. The molecular weight excluding hydrogens is 370 g/mol. The Labute approximate surface area is 152 Å². The summed E-state index contributed by atoms with van der Waals surface area (Å²) in [4.78, 5) is 19.8. The number of anilines is 1. The molecule has 6 nitrogen and oxygen atoms in total. The van der Waals surface area contributed by atoms with Crippen LogP contribution < -0.4 is 15.5 Å². The number of hydrogen-bond acceptors (Lipinski definition) is 3. The van der Waals surface area contributed by atoms with Crippen molar-refractivity contribution in [2.24, 2.45) is 4.99 Å². The fraction of sp³-hybridized carbons (Fsp3) is 0.529. The largest absolute Gasteiger partial charge is 0.369 e. The number of aliphatic imine (C=N–C) groups is 1. The summed E-state index contributed by atoms with van der Waals surface area (Å²) in [5, 5.41) is 6.65. The lowest BCUT2D eigenvalue weighted by Gasteiger charge is -2.20. The first-order valence-electron chi connectivity index (χ1n) is 8.17. The number of guanidine groups is 1. The minimum atomic E-state index is 0.111. The second-order valence-electron chi connectivity index (χ2n) is 6.09. The van der Waals surface area contributed by atoms with Gasteiger partial charge in [-0.25, -0.2) is 0 Å². The molecule has 1 aromatic carbocycles. The van der Waals surface area contributed by atoms with Crippen LogP contribution >= 0.6 is 15.9 Å². The lowest BCUT2D eigenvalue weighted by Crippen LogP contribution is -2.45. The zero-order chi connectivity index (χ0) is 17.5. The molecule has 132 valence electrons. The average molecular weight is 396 g/mol. The summed E-state index contributed by atoms with van der Waals surface area (Å²) < 4.78 is 1.09. The van der Waals surface area contributed by atoms with Gasteiger partial charge in [-0.3, -0.25) is 9.79 Å². The van der Waals surface area contributed by atoms with Crippen LogP contribution in [0.5, 0.6) is 0 Å².